The van der Waals surface area contributed by atoms with Crippen LogP contribution in [0.3, 0.4) is 0 Å². The molecule has 0 amide bonds. The first-order valence-electron chi connectivity index (χ1n) is 6.28. The molecule has 3 heterocycles. The van der Waals surface area contributed by atoms with Crippen LogP contribution in [0, 0.1) is 0 Å². The Morgan fingerprint density at radius 3 is 2.76 bits per heavy atom. The molecule has 0 saturated heterocycles. The van der Waals surface area contributed by atoms with Gasteiger partial charge in [-0.25, -0.2) is 15.0 Å². The van der Waals surface area contributed by atoms with Gasteiger partial charge in [0.25, 0.3) is 0 Å². The molecule has 8 heteroatoms. The Kier molecular flexibility index (Phi) is 4.56. The number of nitrogens with zero attached hydrogens (tertiary/aromatic N) is 3. The van der Waals surface area contributed by atoms with Gasteiger partial charge in [-0.1, -0.05) is 0 Å². The van der Waals surface area contributed by atoms with Crippen LogP contribution in [-0.2, 0) is 0 Å². The monoisotopic (exact) mass is 305 g/mol. The van der Waals surface area contributed by atoms with Gasteiger partial charge in [-0.3, -0.25) is 0 Å². The van der Waals surface area contributed by atoms with Gasteiger partial charge >= 0.3 is 0 Å². The zero-order valence-electron chi connectivity index (χ0n) is 11.2. The molecule has 110 valence electrons. The Balaban J connectivity index is 0.00000161. The highest BCUT2D eigenvalue weighted by atomic mass is 35.5. The normalized spacial score (nSPS) is 10.3. The lowest BCUT2D eigenvalue weighted by atomic mass is 10.1. The van der Waals surface area contributed by atoms with E-state index < -0.39 is 0 Å². The SMILES string of the molecule is Cl.NCCNc1ccnc2[nH]cc(-c3ccnc(N)n3)c12. The molecule has 0 spiro atoms. The molecule has 0 atom stereocenters. The molecule has 0 bridgehead atoms. The topological polar surface area (TPSA) is 119 Å². The molecule has 0 aliphatic heterocycles. The molecule has 0 radical (unpaired) electrons. The molecule has 21 heavy (non-hydrogen) atoms. The average Bonchev–Trinajstić information content (AvgIpc) is 2.89. The summed E-state index contributed by atoms with van der Waals surface area (Å²) in [5.74, 6) is 0.247. The van der Waals surface area contributed by atoms with E-state index in [0.717, 1.165) is 28.0 Å². The van der Waals surface area contributed by atoms with E-state index in [1.807, 2.05) is 18.3 Å². The number of nitrogen functional groups attached to an aromatic ring is 1. The van der Waals surface area contributed by atoms with E-state index in [4.69, 9.17) is 11.5 Å². The van der Waals surface area contributed by atoms with Crippen molar-refractivity contribution in [3.8, 4) is 11.3 Å². The minimum atomic E-state index is 0. The maximum absolute atomic E-state index is 5.65. The maximum Gasteiger partial charge on any atom is 0.220 e. The van der Waals surface area contributed by atoms with Crippen molar-refractivity contribution >= 4 is 35.1 Å². The fraction of sp³-hybridized carbons (Fsp3) is 0.154. The number of hydrogen-bond acceptors (Lipinski definition) is 6. The fourth-order valence-corrected chi connectivity index (χ4v) is 2.14. The van der Waals surface area contributed by atoms with E-state index >= 15 is 0 Å². The maximum atomic E-state index is 5.65. The summed E-state index contributed by atoms with van der Waals surface area (Å²) < 4.78 is 0. The minimum Gasteiger partial charge on any atom is -0.383 e. The number of halogens is 1. The van der Waals surface area contributed by atoms with E-state index in [0.29, 0.717) is 13.1 Å². The molecule has 7 nitrogen and oxygen atoms in total. The number of H-pyrrole nitrogens is 1. The molecular weight excluding hydrogens is 290 g/mol. The summed E-state index contributed by atoms with van der Waals surface area (Å²) in [5, 5.41) is 4.26. The molecule has 0 aliphatic carbocycles. The van der Waals surface area contributed by atoms with Gasteiger partial charge in [-0.15, -0.1) is 12.4 Å². The van der Waals surface area contributed by atoms with Crippen LogP contribution in [0.2, 0.25) is 0 Å². The second-order valence-electron chi connectivity index (χ2n) is 4.30. The predicted molar refractivity (Wildman–Crippen MR) is 86.3 cm³/mol. The van der Waals surface area contributed by atoms with E-state index in [9.17, 15) is 0 Å². The van der Waals surface area contributed by atoms with Crippen LogP contribution in [0.15, 0.2) is 30.7 Å². The summed E-state index contributed by atoms with van der Waals surface area (Å²) in [6.45, 7) is 1.25. The lowest BCUT2D eigenvalue weighted by Crippen LogP contribution is -2.13. The first-order valence-corrected chi connectivity index (χ1v) is 6.28. The second kappa shape index (κ2) is 6.38. The summed E-state index contributed by atoms with van der Waals surface area (Å²) in [6.07, 6.45) is 5.25. The van der Waals surface area contributed by atoms with E-state index in [1.165, 1.54) is 0 Å². The van der Waals surface area contributed by atoms with Crippen LogP contribution >= 0.6 is 12.4 Å². The van der Waals surface area contributed by atoms with Gasteiger partial charge in [-0.05, 0) is 12.1 Å². The summed E-state index contributed by atoms with van der Waals surface area (Å²) in [4.78, 5) is 15.6. The van der Waals surface area contributed by atoms with Crippen LogP contribution in [0.5, 0.6) is 0 Å². The quantitative estimate of drug-likeness (QED) is 0.578. The number of fused-ring (bicyclic) bond motifs is 1. The van der Waals surface area contributed by atoms with E-state index in [2.05, 4.69) is 25.3 Å². The summed E-state index contributed by atoms with van der Waals surface area (Å²) in [6, 6.07) is 3.73. The third-order valence-electron chi connectivity index (χ3n) is 2.98. The highest BCUT2D eigenvalue weighted by Crippen LogP contribution is 2.31. The highest BCUT2D eigenvalue weighted by Gasteiger charge is 2.12. The Labute approximate surface area is 127 Å². The summed E-state index contributed by atoms with van der Waals surface area (Å²) in [7, 11) is 0. The van der Waals surface area contributed by atoms with Crippen LogP contribution in [0.4, 0.5) is 11.6 Å². The van der Waals surface area contributed by atoms with Crippen molar-refractivity contribution < 1.29 is 0 Å². The van der Waals surface area contributed by atoms with Crippen molar-refractivity contribution in [3.63, 3.8) is 0 Å². The van der Waals surface area contributed by atoms with Gasteiger partial charge in [0.1, 0.15) is 5.65 Å². The van der Waals surface area contributed by atoms with Crippen LogP contribution < -0.4 is 16.8 Å². The Morgan fingerprint density at radius 1 is 1.19 bits per heavy atom. The van der Waals surface area contributed by atoms with Crippen molar-refractivity contribution in [1.29, 1.82) is 0 Å². The molecule has 3 aromatic rings. The second-order valence-corrected chi connectivity index (χ2v) is 4.30. The molecule has 0 aromatic carbocycles. The van der Waals surface area contributed by atoms with Gasteiger partial charge in [0.2, 0.25) is 5.95 Å². The molecule has 0 saturated carbocycles. The summed E-state index contributed by atoms with van der Waals surface area (Å²) >= 11 is 0. The van der Waals surface area contributed by atoms with Gasteiger partial charge in [-0.2, -0.15) is 0 Å². The number of pyridine rings is 1. The fourth-order valence-electron chi connectivity index (χ4n) is 2.14. The summed E-state index contributed by atoms with van der Waals surface area (Å²) in [5.41, 5.74) is 14.6. The molecule has 3 aromatic heterocycles. The van der Waals surface area contributed by atoms with Gasteiger partial charge in [0, 0.05) is 42.9 Å². The molecule has 0 aliphatic rings. The first-order chi connectivity index (χ1) is 9.79. The Hall–Kier alpha value is -2.38. The van der Waals surface area contributed by atoms with Crippen molar-refractivity contribution in [1.82, 2.24) is 19.9 Å². The molecule has 6 N–H and O–H groups in total. The predicted octanol–water partition coefficient (Wildman–Crippen LogP) is 1.39. The number of nitrogens with one attached hydrogen (secondary N) is 2. The van der Waals surface area contributed by atoms with Crippen molar-refractivity contribution in [2.75, 3.05) is 24.1 Å². The van der Waals surface area contributed by atoms with E-state index in [-0.39, 0.29) is 18.4 Å². The van der Waals surface area contributed by atoms with Gasteiger partial charge in [0.05, 0.1) is 11.1 Å². The molecule has 0 unspecified atom stereocenters. The number of aromatic amines is 1. The lowest BCUT2D eigenvalue weighted by molar-refractivity contribution is 1.03. The van der Waals surface area contributed by atoms with Crippen molar-refractivity contribution in [2.45, 2.75) is 0 Å². The van der Waals surface area contributed by atoms with Crippen molar-refractivity contribution in [3.05, 3.63) is 30.7 Å². The molecule has 3 rings (SSSR count). The van der Waals surface area contributed by atoms with Crippen molar-refractivity contribution in [2.24, 2.45) is 5.73 Å². The molecular formula is C13H16ClN7. The first kappa shape index (κ1) is 15.0. The van der Waals surface area contributed by atoms with Crippen LogP contribution in [0.1, 0.15) is 0 Å². The number of rotatable bonds is 4. The zero-order chi connectivity index (χ0) is 13.9. The lowest BCUT2D eigenvalue weighted by Gasteiger charge is -2.07. The number of aromatic nitrogens is 4. The average molecular weight is 306 g/mol. The van der Waals surface area contributed by atoms with Gasteiger partial charge in [0.15, 0.2) is 0 Å². The highest BCUT2D eigenvalue weighted by molar-refractivity contribution is 6.01. The van der Waals surface area contributed by atoms with Crippen LogP contribution in [-0.4, -0.2) is 33.0 Å². The number of anilines is 2. The number of nitrogens with two attached hydrogens (primary N) is 2. The van der Waals surface area contributed by atoms with Crippen LogP contribution in [0.25, 0.3) is 22.3 Å². The zero-order valence-corrected chi connectivity index (χ0v) is 12.0. The largest absolute Gasteiger partial charge is 0.383 e. The standard InChI is InChI=1S/C13H15N7.ClH/c14-3-6-16-10-2-4-17-12-11(10)8(7-19-12)9-1-5-18-13(15)20-9;/h1-2,4-5,7H,3,6,14H2,(H2,15,18,20)(H2,16,17,19);1H. The third kappa shape index (κ3) is 2.88. The van der Waals surface area contributed by atoms with Gasteiger partial charge < -0.3 is 21.8 Å². The molecule has 0 fully saturated rings. The Bertz CT molecular complexity index is 740. The smallest absolute Gasteiger partial charge is 0.220 e. The minimum absolute atomic E-state index is 0. The third-order valence-corrected chi connectivity index (χ3v) is 2.98. The Morgan fingerprint density at radius 2 is 2.00 bits per heavy atom. The number of hydrogen-bond donors (Lipinski definition) is 4. The van der Waals surface area contributed by atoms with E-state index in [1.54, 1.807) is 12.4 Å².